The Morgan fingerprint density at radius 2 is 0.589 bits per heavy atom. The van der Waals surface area contributed by atoms with E-state index in [0.29, 0.717) is 39.6 Å². The maximum Gasteiger partial charge on any atom is 0.119 e. The van der Waals surface area contributed by atoms with Gasteiger partial charge in [0, 0.05) is 77.9 Å². The monoisotopic (exact) mass is 1890 g/mol. The standard InChI is InChI=1S/C138H118N4O4/c1-5-99-55-75-119(76-56-99)145-85-27-9-7-25-83-137(109-33-13-11-14-34-109)129-43-21-17-39-121(129)123-79-73-117(91-131(123)137)139(115-37-29-31-97(3)87-115)111-69-59-105(60-70-111)107-63-81-135-127(89-107)125-41-19-23-45-133(125)141(135)113-65-51-103(52-66-113)95-143-93-101-47-49-102(50-48-101)94-144-96-104-53-67-114(68-54-104)142-134-46-24-20-42-126(134)128-90-108(64-82-136(128)142)106-61-71-112(72-62-106)140(116-38-30-32-98(4)88-116)118-74-80-124-122-40-18-22-44-130(122)138(132(124)92-118,110-35-15-12-16-36-110)84-26-8-10-28-86-146-120-77-57-100(6-2)58-78-120/h5-6,11-24,29-82,87-92H,1-2,7-10,25-28,83-86,93-96H2,3-4H3. The fourth-order valence-electron chi connectivity index (χ4n) is 23.0. The molecule has 2 atom stereocenters. The maximum atomic E-state index is 6.41. The van der Waals surface area contributed by atoms with Gasteiger partial charge < -0.3 is 37.9 Å². The van der Waals surface area contributed by atoms with Crippen LogP contribution in [0.3, 0.4) is 0 Å². The van der Waals surface area contributed by atoms with E-state index in [1.165, 1.54) is 110 Å². The van der Waals surface area contributed by atoms with Gasteiger partial charge in [0.1, 0.15) is 11.5 Å². The maximum absolute atomic E-state index is 6.41. The molecule has 0 saturated heterocycles. The molecule has 0 aliphatic heterocycles. The second kappa shape index (κ2) is 41.7. The molecule has 0 N–H and O–H groups in total. The largest absolute Gasteiger partial charge is 0.494 e. The molecule has 0 radical (unpaired) electrons. The van der Waals surface area contributed by atoms with Crippen molar-refractivity contribution in [3.8, 4) is 67.4 Å². The van der Waals surface area contributed by atoms with E-state index in [9.17, 15) is 0 Å². The Balaban J connectivity index is 0.424. The molecule has 0 amide bonds. The van der Waals surface area contributed by atoms with Gasteiger partial charge in [0.15, 0.2) is 0 Å². The van der Waals surface area contributed by atoms with E-state index in [0.717, 1.165) is 177 Å². The Bertz CT molecular complexity index is 7790. The summed E-state index contributed by atoms with van der Waals surface area (Å²) in [6, 6.07) is 166. The SMILES string of the molecule is C=Cc1ccc(OCCCCCCC2(c3ccccc3)c3ccccc3-c3ccc(N(c4ccc(-c5ccc6c(c5)c5ccccc5n6-c5ccc(COCc6ccc(COCc7ccc(-n8c9ccccc9c9cc(-c%10ccc(N(c%11cccc(C)c%11)c%11ccc%12c(c%11)C(CCCCCCOc%11ccc(C=C)cc%11)(c%11ccccc%11)c%11ccccc%11-%12)cc%10)ccc98)cc7)cc6)cc5)cc4)c4cccc(C)c4)cc32)cc1. The van der Waals surface area contributed by atoms with Crippen LogP contribution >= 0.6 is 0 Å². The minimum atomic E-state index is -0.336. The van der Waals surface area contributed by atoms with E-state index < -0.39 is 0 Å². The molecule has 0 bridgehead atoms. The molecule has 0 saturated carbocycles. The summed E-state index contributed by atoms with van der Waals surface area (Å²) in [6.07, 6.45) is 14.3. The van der Waals surface area contributed by atoms with Gasteiger partial charge in [-0.3, -0.25) is 0 Å². The molecule has 2 unspecified atom stereocenters. The number of anilines is 6. The van der Waals surface area contributed by atoms with Gasteiger partial charge in [-0.1, -0.05) is 355 Å². The number of nitrogens with zero attached hydrogens (tertiary/aromatic N) is 4. The van der Waals surface area contributed by atoms with Gasteiger partial charge in [-0.25, -0.2) is 0 Å². The van der Waals surface area contributed by atoms with Crippen LogP contribution in [0.1, 0.15) is 142 Å². The molecule has 2 heterocycles. The highest BCUT2D eigenvalue weighted by Crippen LogP contribution is 2.59. The molecule has 0 fully saturated rings. The van der Waals surface area contributed by atoms with E-state index in [2.05, 4.69) is 471 Å². The summed E-state index contributed by atoms with van der Waals surface area (Å²) >= 11 is 0. The van der Waals surface area contributed by atoms with Crippen molar-refractivity contribution in [2.24, 2.45) is 0 Å². The van der Waals surface area contributed by atoms with Crippen molar-refractivity contribution in [3.63, 3.8) is 0 Å². The summed E-state index contributed by atoms with van der Waals surface area (Å²) < 4.78 is 30.0. The Labute approximate surface area is 857 Å². The van der Waals surface area contributed by atoms with Crippen molar-refractivity contribution < 1.29 is 18.9 Å². The van der Waals surface area contributed by atoms with Crippen LogP contribution in [-0.2, 0) is 46.7 Å². The van der Waals surface area contributed by atoms with E-state index in [-0.39, 0.29) is 10.8 Å². The van der Waals surface area contributed by atoms with Crippen molar-refractivity contribution in [3.05, 3.63) is 540 Å². The molecule has 23 rings (SSSR count). The van der Waals surface area contributed by atoms with Gasteiger partial charge in [0.2, 0.25) is 0 Å². The topological polar surface area (TPSA) is 53.3 Å². The second-order valence-corrected chi connectivity index (χ2v) is 39.4. The molecule has 2 aromatic heterocycles. The third-order valence-corrected chi connectivity index (χ3v) is 30.3. The first-order chi connectivity index (χ1) is 72.1. The van der Waals surface area contributed by atoms with Crippen LogP contribution in [0.25, 0.3) is 112 Å². The van der Waals surface area contributed by atoms with E-state index in [4.69, 9.17) is 18.9 Å². The van der Waals surface area contributed by atoms with Crippen molar-refractivity contribution in [1.82, 2.24) is 9.13 Å². The highest BCUT2D eigenvalue weighted by atomic mass is 16.5. The Hall–Kier alpha value is -16.6. The minimum Gasteiger partial charge on any atom is -0.494 e. The van der Waals surface area contributed by atoms with Crippen molar-refractivity contribution in [2.75, 3.05) is 23.0 Å². The number of hydrogen-bond donors (Lipinski definition) is 0. The van der Waals surface area contributed by atoms with Gasteiger partial charge in [-0.05, 0) is 320 Å². The highest BCUT2D eigenvalue weighted by molar-refractivity contribution is 6.12. The zero-order valence-corrected chi connectivity index (χ0v) is 83.0. The molecule has 21 aromatic rings. The van der Waals surface area contributed by atoms with Crippen LogP contribution in [0.4, 0.5) is 34.1 Å². The lowest BCUT2D eigenvalue weighted by molar-refractivity contribution is 0.105. The lowest BCUT2D eigenvalue weighted by atomic mass is 9.69. The quantitative estimate of drug-likeness (QED) is 0.0360. The van der Waals surface area contributed by atoms with Gasteiger partial charge in [0.25, 0.3) is 0 Å². The fraction of sp³-hybridized carbons (Fsp3) is 0.145. The smallest absolute Gasteiger partial charge is 0.119 e. The first kappa shape index (κ1) is 93.1. The first-order valence-corrected chi connectivity index (χ1v) is 51.8. The van der Waals surface area contributed by atoms with E-state index in [1.54, 1.807) is 0 Å². The predicted molar refractivity (Wildman–Crippen MR) is 608 cm³/mol. The van der Waals surface area contributed by atoms with Crippen molar-refractivity contribution in [1.29, 1.82) is 0 Å². The zero-order chi connectivity index (χ0) is 98.3. The summed E-state index contributed by atoms with van der Waals surface area (Å²) in [5.41, 5.74) is 40.0. The van der Waals surface area contributed by atoms with Gasteiger partial charge >= 0.3 is 0 Å². The second-order valence-electron chi connectivity index (χ2n) is 39.4. The summed E-state index contributed by atoms with van der Waals surface area (Å²) in [5, 5.41) is 4.85. The summed E-state index contributed by atoms with van der Waals surface area (Å²) in [7, 11) is 0. The average Bonchev–Trinajstić information content (AvgIpc) is 1.54. The molecule has 2 aliphatic carbocycles. The van der Waals surface area contributed by atoms with Gasteiger partial charge in [-0.2, -0.15) is 0 Å². The van der Waals surface area contributed by atoms with Crippen LogP contribution in [0.15, 0.2) is 462 Å². The predicted octanol–water partition coefficient (Wildman–Crippen LogP) is 36.2. The molecule has 19 aromatic carbocycles. The Morgan fingerprint density at radius 1 is 0.253 bits per heavy atom. The van der Waals surface area contributed by atoms with Gasteiger partial charge in [0.05, 0.1) is 61.7 Å². The Kier molecular flexibility index (Phi) is 26.6. The summed E-state index contributed by atoms with van der Waals surface area (Å²) in [5.74, 6) is 1.82. The number of unbranched alkanes of at least 4 members (excludes halogenated alkanes) is 6. The summed E-state index contributed by atoms with van der Waals surface area (Å²) in [6.45, 7) is 15.6. The molecule has 2 aliphatic rings. The first-order valence-electron chi connectivity index (χ1n) is 51.8. The van der Waals surface area contributed by atoms with Crippen LogP contribution in [-0.4, -0.2) is 22.3 Å². The lowest BCUT2D eigenvalue weighted by Crippen LogP contribution is -2.27. The molecule has 8 nitrogen and oxygen atoms in total. The number of para-hydroxylation sites is 2. The number of aryl methyl sites for hydroxylation is 2. The van der Waals surface area contributed by atoms with E-state index >= 15 is 0 Å². The zero-order valence-electron chi connectivity index (χ0n) is 83.0. The molecule has 146 heavy (non-hydrogen) atoms. The number of fused-ring (bicyclic) bond motifs is 12. The normalized spacial score (nSPS) is 13.9. The third kappa shape index (κ3) is 18.5. The third-order valence-electron chi connectivity index (χ3n) is 30.3. The Morgan fingerprint density at radius 3 is 0.986 bits per heavy atom. The highest BCUT2D eigenvalue weighted by Gasteiger charge is 2.46. The number of ether oxygens (including phenoxy) is 4. The van der Waals surface area contributed by atoms with Crippen molar-refractivity contribution >= 4 is 89.9 Å². The fourth-order valence-corrected chi connectivity index (χ4v) is 23.0. The van der Waals surface area contributed by atoms with Gasteiger partial charge in [-0.15, -0.1) is 0 Å². The number of hydrogen-bond acceptors (Lipinski definition) is 6. The molecular weight excluding hydrogens is 1780 g/mol. The van der Waals surface area contributed by atoms with Crippen LogP contribution in [0.5, 0.6) is 11.5 Å². The number of rotatable bonds is 38. The lowest BCUT2D eigenvalue weighted by Gasteiger charge is -2.34. The van der Waals surface area contributed by atoms with Crippen LogP contribution < -0.4 is 19.3 Å². The minimum absolute atomic E-state index is 0.336. The average molecular weight is 1900 g/mol. The molecule has 8 heteroatoms. The molecular formula is C138H118N4O4. The number of benzene rings is 19. The molecule has 714 valence electrons. The summed E-state index contributed by atoms with van der Waals surface area (Å²) in [4.78, 5) is 4.90. The number of aromatic nitrogens is 2. The van der Waals surface area contributed by atoms with Crippen molar-refractivity contribution in [2.45, 2.75) is 115 Å². The van der Waals surface area contributed by atoms with Crippen LogP contribution in [0, 0.1) is 13.8 Å². The molecule has 0 spiro atoms. The van der Waals surface area contributed by atoms with E-state index in [1.807, 2.05) is 36.4 Å². The van der Waals surface area contributed by atoms with Crippen LogP contribution in [0.2, 0.25) is 0 Å².